The van der Waals surface area contributed by atoms with Crippen LogP contribution in [0.15, 0.2) is 29.1 Å². The summed E-state index contributed by atoms with van der Waals surface area (Å²) in [6.07, 6.45) is 4.14. The Balaban J connectivity index is 2.54. The first-order chi connectivity index (χ1) is 6.83. The van der Waals surface area contributed by atoms with Gasteiger partial charge in [-0.15, -0.1) is 0 Å². The number of hydrogen-bond donors (Lipinski definition) is 0. The number of pyridine rings is 1. The van der Waals surface area contributed by atoms with Gasteiger partial charge in [-0.1, -0.05) is 6.92 Å². The highest BCUT2D eigenvalue weighted by molar-refractivity contribution is 5.61. The average Bonchev–Trinajstić information content (AvgIpc) is 2.66. The summed E-state index contributed by atoms with van der Waals surface area (Å²) in [5.74, 6) is 0.845. The lowest BCUT2D eigenvalue weighted by molar-refractivity contribution is 0.570. The summed E-state index contributed by atoms with van der Waals surface area (Å²) in [6, 6.07) is 3.91. The predicted octanol–water partition coefficient (Wildman–Crippen LogP) is 2.61. The van der Waals surface area contributed by atoms with Crippen LogP contribution in [0, 0.1) is 6.92 Å². The molecule has 0 fully saturated rings. The summed E-state index contributed by atoms with van der Waals surface area (Å²) in [7, 11) is 0. The lowest BCUT2D eigenvalue weighted by Gasteiger charge is -2.01. The molecule has 0 saturated heterocycles. The monoisotopic (exact) mass is 188 g/mol. The van der Waals surface area contributed by atoms with E-state index >= 15 is 0 Å². The van der Waals surface area contributed by atoms with Gasteiger partial charge in [0, 0.05) is 17.5 Å². The van der Waals surface area contributed by atoms with Crippen LogP contribution >= 0.6 is 0 Å². The summed E-state index contributed by atoms with van der Waals surface area (Å²) in [4.78, 5) is 8.38. The van der Waals surface area contributed by atoms with E-state index in [4.69, 9.17) is 4.42 Å². The molecule has 2 aromatic rings. The number of aryl methyl sites for hydroxylation is 2. The van der Waals surface area contributed by atoms with Crippen molar-refractivity contribution in [3.05, 3.63) is 36.1 Å². The molecule has 0 saturated carbocycles. The van der Waals surface area contributed by atoms with Gasteiger partial charge in [0.25, 0.3) is 0 Å². The van der Waals surface area contributed by atoms with Gasteiger partial charge in [0.15, 0.2) is 12.2 Å². The molecule has 0 radical (unpaired) electrons. The van der Waals surface area contributed by atoms with Gasteiger partial charge < -0.3 is 4.42 Å². The van der Waals surface area contributed by atoms with Crippen LogP contribution in [-0.4, -0.2) is 9.97 Å². The molecule has 0 bridgehead atoms. The molecule has 14 heavy (non-hydrogen) atoms. The van der Waals surface area contributed by atoms with Gasteiger partial charge in [0.05, 0.1) is 5.69 Å². The van der Waals surface area contributed by atoms with Gasteiger partial charge in [0.2, 0.25) is 0 Å². The molecule has 3 nitrogen and oxygen atoms in total. The molecule has 2 rings (SSSR count). The van der Waals surface area contributed by atoms with Crippen LogP contribution in [0.4, 0.5) is 0 Å². The molecule has 0 spiro atoms. The molecule has 2 heterocycles. The molecule has 0 aliphatic rings. The summed E-state index contributed by atoms with van der Waals surface area (Å²) < 4.78 is 5.37. The summed E-state index contributed by atoms with van der Waals surface area (Å²) in [5, 5.41) is 0. The van der Waals surface area contributed by atoms with E-state index in [1.165, 1.54) is 6.39 Å². The second-order valence-corrected chi connectivity index (χ2v) is 3.12. The van der Waals surface area contributed by atoms with Crippen LogP contribution in [0.5, 0.6) is 0 Å². The molecule has 72 valence electrons. The maximum absolute atomic E-state index is 5.37. The van der Waals surface area contributed by atoms with Gasteiger partial charge in [-0.3, -0.25) is 4.98 Å². The van der Waals surface area contributed by atoms with Crippen LogP contribution < -0.4 is 0 Å². The second kappa shape index (κ2) is 3.62. The van der Waals surface area contributed by atoms with E-state index in [0.717, 1.165) is 29.1 Å². The zero-order valence-electron chi connectivity index (χ0n) is 8.32. The third-order valence-corrected chi connectivity index (χ3v) is 2.23. The molecule has 0 atom stereocenters. The van der Waals surface area contributed by atoms with Gasteiger partial charge in [-0.05, 0) is 25.5 Å². The number of nitrogens with zero attached hydrogens (tertiary/aromatic N) is 2. The first-order valence-electron chi connectivity index (χ1n) is 4.67. The molecular formula is C11H12N2O. The highest BCUT2D eigenvalue weighted by Crippen LogP contribution is 2.24. The van der Waals surface area contributed by atoms with Crippen molar-refractivity contribution in [1.82, 2.24) is 9.97 Å². The molecule has 0 aliphatic carbocycles. The topological polar surface area (TPSA) is 38.9 Å². The van der Waals surface area contributed by atoms with Crippen molar-refractivity contribution in [3.63, 3.8) is 0 Å². The molecule has 2 aromatic heterocycles. The Morgan fingerprint density at radius 2 is 2.21 bits per heavy atom. The molecule has 0 unspecified atom stereocenters. The van der Waals surface area contributed by atoms with Crippen molar-refractivity contribution in [2.45, 2.75) is 20.3 Å². The van der Waals surface area contributed by atoms with Gasteiger partial charge in [-0.2, -0.15) is 0 Å². The summed E-state index contributed by atoms with van der Waals surface area (Å²) in [5.41, 5.74) is 2.99. The minimum Gasteiger partial charge on any atom is -0.443 e. The Morgan fingerprint density at radius 1 is 1.36 bits per heavy atom. The van der Waals surface area contributed by atoms with E-state index in [0.29, 0.717) is 0 Å². The van der Waals surface area contributed by atoms with Crippen molar-refractivity contribution in [1.29, 1.82) is 0 Å². The van der Waals surface area contributed by atoms with Crippen molar-refractivity contribution in [2.24, 2.45) is 0 Å². The zero-order chi connectivity index (χ0) is 9.97. The Bertz CT molecular complexity index is 434. The number of aromatic nitrogens is 2. The normalized spacial score (nSPS) is 10.4. The van der Waals surface area contributed by atoms with Crippen LogP contribution in [0.25, 0.3) is 11.3 Å². The Kier molecular flexibility index (Phi) is 2.31. The third kappa shape index (κ3) is 1.41. The quantitative estimate of drug-likeness (QED) is 0.727. The fraction of sp³-hybridized carbons (Fsp3) is 0.273. The lowest BCUT2D eigenvalue weighted by Crippen LogP contribution is -1.89. The van der Waals surface area contributed by atoms with E-state index < -0.39 is 0 Å². The van der Waals surface area contributed by atoms with E-state index in [9.17, 15) is 0 Å². The second-order valence-electron chi connectivity index (χ2n) is 3.12. The smallest absolute Gasteiger partial charge is 0.181 e. The Labute approximate surface area is 82.8 Å². The standard InChI is InChI=1S/C11H12N2O/c1-3-10-11(14-7-13-10)9-5-4-6-12-8(9)2/h4-7H,3H2,1-2H3. The summed E-state index contributed by atoms with van der Waals surface area (Å²) >= 11 is 0. The molecule has 0 amide bonds. The maximum Gasteiger partial charge on any atom is 0.181 e. The van der Waals surface area contributed by atoms with Gasteiger partial charge in [0.1, 0.15) is 0 Å². The SMILES string of the molecule is CCc1ncoc1-c1cccnc1C. The predicted molar refractivity (Wildman–Crippen MR) is 53.8 cm³/mol. The lowest BCUT2D eigenvalue weighted by atomic mass is 10.1. The molecule has 3 heteroatoms. The zero-order valence-corrected chi connectivity index (χ0v) is 8.32. The van der Waals surface area contributed by atoms with Gasteiger partial charge in [-0.25, -0.2) is 4.98 Å². The fourth-order valence-electron chi connectivity index (χ4n) is 1.46. The van der Waals surface area contributed by atoms with E-state index in [2.05, 4.69) is 16.9 Å². The van der Waals surface area contributed by atoms with E-state index in [-0.39, 0.29) is 0 Å². The van der Waals surface area contributed by atoms with E-state index in [1.54, 1.807) is 6.20 Å². The van der Waals surface area contributed by atoms with Crippen molar-refractivity contribution >= 4 is 0 Å². The Morgan fingerprint density at radius 3 is 2.93 bits per heavy atom. The van der Waals surface area contributed by atoms with Crippen LogP contribution in [0.2, 0.25) is 0 Å². The Hall–Kier alpha value is -1.64. The minimum absolute atomic E-state index is 0.845. The van der Waals surface area contributed by atoms with Crippen molar-refractivity contribution in [3.8, 4) is 11.3 Å². The third-order valence-electron chi connectivity index (χ3n) is 2.23. The molecular weight excluding hydrogens is 176 g/mol. The largest absolute Gasteiger partial charge is 0.443 e. The highest BCUT2D eigenvalue weighted by Gasteiger charge is 2.11. The van der Waals surface area contributed by atoms with Crippen molar-refractivity contribution < 1.29 is 4.42 Å². The van der Waals surface area contributed by atoms with Gasteiger partial charge >= 0.3 is 0 Å². The van der Waals surface area contributed by atoms with E-state index in [1.807, 2.05) is 19.1 Å². The van der Waals surface area contributed by atoms with Crippen LogP contribution in [-0.2, 0) is 6.42 Å². The molecule has 0 aromatic carbocycles. The van der Waals surface area contributed by atoms with Crippen molar-refractivity contribution in [2.75, 3.05) is 0 Å². The number of rotatable bonds is 2. The number of oxazole rings is 1. The summed E-state index contributed by atoms with van der Waals surface area (Å²) in [6.45, 7) is 4.03. The average molecular weight is 188 g/mol. The number of hydrogen-bond acceptors (Lipinski definition) is 3. The highest BCUT2D eigenvalue weighted by atomic mass is 16.3. The fourth-order valence-corrected chi connectivity index (χ4v) is 1.46. The van der Waals surface area contributed by atoms with Crippen LogP contribution in [0.1, 0.15) is 18.3 Å². The molecule has 0 aliphatic heterocycles. The first kappa shape index (κ1) is 8.94. The molecule has 0 N–H and O–H groups in total. The minimum atomic E-state index is 0.845. The van der Waals surface area contributed by atoms with Crippen LogP contribution in [0.3, 0.4) is 0 Å². The maximum atomic E-state index is 5.37. The first-order valence-corrected chi connectivity index (χ1v) is 4.67.